The molecule has 3 aromatic heterocycles. The highest BCUT2D eigenvalue weighted by molar-refractivity contribution is 5.72. The van der Waals surface area contributed by atoms with E-state index in [0.717, 1.165) is 0 Å². The van der Waals surface area contributed by atoms with Gasteiger partial charge in [0.1, 0.15) is 17.8 Å². The fourth-order valence-electron chi connectivity index (χ4n) is 3.71. The first-order valence-corrected chi connectivity index (χ1v) is 10.5. The molecule has 3 heterocycles. The number of amides is 1. The Balaban J connectivity index is 1.43. The van der Waals surface area contributed by atoms with Gasteiger partial charge in [-0.3, -0.25) is 5.10 Å². The number of halogens is 3. The lowest BCUT2D eigenvalue weighted by molar-refractivity contribution is 0.0555. The number of aromatic amines is 1. The molecule has 10 nitrogen and oxygen atoms in total. The summed E-state index contributed by atoms with van der Waals surface area (Å²) < 4.78 is 51.3. The van der Waals surface area contributed by atoms with E-state index < -0.39 is 37.3 Å². The van der Waals surface area contributed by atoms with Crippen LogP contribution in [0.1, 0.15) is 38.3 Å². The summed E-state index contributed by atoms with van der Waals surface area (Å²) in [6, 6.07) is 3.03. The Morgan fingerprint density at radius 1 is 1.33 bits per heavy atom. The molecule has 4 rings (SSSR count). The van der Waals surface area contributed by atoms with Crippen LogP contribution in [0.15, 0.2) is 24.5 Å². The second kappa shape index (κ2) is 9.55. The maximum absolute atomic E-state index is 14.9. The van der Waals surface area contributed by atoms with Gasteiger partial charge in [0.15, 0.2) is 18.2 Å². The van der Waals surface area contributed by atoms with E-state index in [1.807, 2.05) is 0 Å². The van der Waals surface area contributed by atoms with Gasteiger partial charge in [0, 0.05) is 42.2 Å². The van der Waals surface area contributed by atoms with E-state index in [4.69, 9.17) is 9.47 Å². The molecule has 0 spiro atoms. The number of hydrogen-bond donors (Lipinski definition) is 3. The topological polar surface area (TPSA) is 118 Å². The van der Waals surface area contributed by atoms with Crippen molar-refractivity contribution in [3.05, 3.63) is 30.2 Å². The van der Waals surface area contributed by atoms with Gasteiger partial charge in [-0.2, -0.15) is 5.10 Å². The summed E-state index contributed by atoms with van der Waals surface area (Å²) in [4.78, 5) is 16.0. The zero-order valence-electron chi connectivity index (χ0n) is 18.0. The van der Waals surface area contributed by atoms with Crippen LogP contribution in [-0.4, -0.2) is 62.2 Å². The zero-order chi connectivity index (χ0) is 23.5. The molecule has 178 valence electrons. The van der Waals surface area contributed by atoms with Gasteiger partial charge in [-0.15, -0.1) is 5.10 Å². The molecule has 1 aliphatic rings. The van der Waals surface area contributed by atoms with Crippen molar-refractivity contribution in [1.82, 2.24) is 30.1 Å². The molecular weight excluding hydrogens is 443 g/mol. The maximum Gasteiger partial charge on any atom is 0.407 e. The van der Waals surface area contributed by atoms with Crippen molar-refractivity contribution in [2.75, 3.05) is 11.9 Å². The van der Waals surface area contributed by atoms with E-state index in [1.165, 1.54) is 16.8 Å². The Labute approximate surface area is 186 Å². The van der Waals surface area contributed by atoms with Gasteiger partial charge in [0.05, 0.1) is 0 Å². The molecule has 3 N–H and O–H groups in total. The smallest absolute Gasteiger partial charge is 0.407 e. The second-order valence-electron chi connectivity index (χ2n) is 7.99. The summed E-state index contributed by atoms with van der Waals surface area (Å²) >= 11 is 0. The molecule has 0 aromatic carbocycles. The fraction of sp³-hybridized carbons (Fsp3) is 0.500. The Kier molecular flexibility index (Phi) is 6.56. The molecule has 0 radical (unpaired) electrons. The standard InChI is InChI=1S/C20H24F3N7O3/c1-10(2)25-20(31)33-14-4-3-11(18(14)23)12-7-16(28-27-12)26-19-13-8-17(32-9-15(21)22)29-30(13)6-5-24-19/h5-8,10-11,14-15,18H,3-4,9H2,1-2H3,(H,25,31)(H2,24,26,27,28)/t11-,14-,18+/m0/s1. The molecule has 0 saturated heterocycles. The average Bonchev–Trinajstić information content (AvgIpc) is 3.45. The van der Waals surface area contributed by atoms with Crippen molar-refractivity contribution in [2.24, 2.45) is 0 Å². The molecule has 1 amide bonds. The zero-order valence-corrected chi connectivity index (χ0v) is 18.0. The lowest BCUT2D eigenvalue weighted by Crippen LogP contribution is -2.36. The monoisotopic (exact) mass is 467 g/mol. The van der Waals surface area contributed by atoms with E-state index in [9.17, 15) is 18.0 Å². The van der Waals surface area contributed by atoms with Crippen molar-refractivity contribution < 1.29 is 27.4 Å². The number of carbonyl (C=O) groups is 1. The van der Waals surface area contributed by atoms with Gasteiger partial charge in [-0.25, -0.2) is 27.5 Å². The van der Waals surface area contributed by atoms with Crippen molar-refractivity contribution in [3.8, 4) is 5.88 Å². The van der Waals surface area contributed by atoms with Crippen LogP contribution in [0.25, 0.3) is 5.52 Å². The summed E-state index contributed by atoms with van der Waals surface area (Å²) in [6.45, 7) is 2.82. The summed E-state index contributed by atoms with van der Waals surface area (Å²) in [5.41, 5.74) is 1.04. The molecule has 1 aliphatic carbocycles. The highest BCUT2D eigenvalue weighted by Crippen LogP contribution is 2.38. The average molecular weight is 467 g/mol. The fourth-order valence-corrected chi connectivity index (χ4v) is 3.71. The summed E-state index contributed by atoms with van der Waals surface area (Å²) in [5, 5.41) is 16.7. The SMILES string of the molecule is CC(C)NC(=O)O[C@H]1CC[C@@H](c2cc(Nc3nccn4nc(OCC(F)F)cc34)n[nH]2)[C@H]1F. The number of nitrogens with zero attached hydrogens (tertiary/aromatic N) is 4. The molecule has 33 heavy (non-hydrogen) atoms. The van der Waals surface area contributed by atoms with Crippen molar-refractivity contribution in [1.29, 1.82) is 0 Å². The van der Waals surface area contributed by atoms with Crippen molar-refractivity contribution >= 4 is 23.2 Å². The Bertz CT molecular complexity index is 1100. The number of carbonyl (C=O) groups excluding carboxylic acids is 1. The number of anilines is 2. The molecule has 0 unspecified atom stereocenters. The molecule has 1 fully saturated rings. The summed E-state index contributed by atoms with van der Waals surface area (Å²) in [5.74, 6) is 0.284. The molecule has 1 saturated carbocycles. The highest BCUT2D eigenvalue weighted by atomic mass is 19.3. The number of alkyl halides is 3. The van der Waals surface area contributed by atoms with Crippen LogP contribution in [0.2, 0.25) is 0 Å². The minimum Gasteiger partial charge on any atom is -0.471 e. The van der Waals surface area contributed by atoms with Gasteiger partial charge >= 0.3 is 6.09 Å². The van der Waals surface area contributed by atoms with Gasteiger partial charge < -0.3 is 20.1 Å². The van der Waals surface area contributed by atoms with Crippen LogP contribution in [0.3, 0.4) is 0 Å². The lowest BCUT2D eigenvalue weighted by Gasteiger charge is -2.18. The molecule has 13 heteroatoms. The number of H-pyrrole nitrogens is 1. The first-order valence-electron chi connectivity index (χ1n) is 10.5. The van der Waals surface area contributed by atoms with E-state index in [2.05, 4.69) is 30.9 Å². The number of ether oxygens (including phenoxy) is 2. The molecular formula is C20H24F3N7O3. The van der Waals surface area contributed by atoms with Gasteiger partial charge in [-0.05, 0) is 26.7 Å². The first kappa shape index (κ1) is 22.7. The second-order valence-corrected chi connectivity index (χ2v) is 7.99. The Hall–Kier alpha value is -3.51. The van der Waals surface area contributed by atoms with Gasteiger partial charge in [-0.1, -0.05) is 0 Å². The van der Waals surface area contributed by atoms with Crippen LogP contribution in [0.4, 0.5) is 29.6 Å². The number of rotatable bonds is 8. The largest absolute Gasteiger partial charge is 0.471 e. The van der Waals surface area contributed by atoms with Gasteiger partial charge in [0.25, 0.3) is 6.43 Å². The Morgan fingerprint density at radius 2 is 2.15 bits per heavy atom. The van der Waals surface area contributed by atoms with Crippen LogP contribution in [-0.2, 0) is 4.74 Å². The maximum atomic E-state index is 14.9. The molecule has 0 aliphatic heterocycles. The van der Waals surface area contributed by atoms with Crippen molar-refractivity contribution in [2.45, 2.75) is 57.3 Å². The summed E-state index contributed by atoms with van der Waals surface area (Å²) in [6.07, 6.45) is -1.54. The van der Waals surface area contributed by atoms with Crippen LogP contribution >= 0.6 is 0 Å². The molecule has 3 aromatic rings. The third-order valence-corrected chi connectivity index (χ3v) is 5.13. The molecule has 3 atom stereocenters. The number of aromatic nitrogens is 5. The minimum atomic E-state index is -2.61. The number of alkyl carbamates (subject to hydrolysis) is 1. The van der Waals surface area contributed by atoms with Crippen molar-refractivity contribution in [3.63, 3.8) is 0 Å². The Morgan fingerprint density at radius 3 is 2.91 bits per heavy atom. The van der Waals surface area contributed by atoms with E-state index in [0.29, 0.717) is 35.7 Å². The number of hydrogen-bond acceptors (Lipinski definition) is 7. The predicted octanol–water partition coefficient (Wildman–Crippen LogP) is 3.56. The van der Waals surface area contributed by atoms with Gasteiger partial charge in [0.2, 0.25) is 5.88 Å². The normalized spacial score (nSPS) is 20.5. The predicted molar refractivity (Wildman–Crippen MR) is 112 cm³/mol. The third kappa shape index (κ3) is 5.29. The number of fused-ring (bicyclic) bond motifs is 1. The highest BCUT2D eigenvalue weighted by Gasteiger charge is 2.40. The molecule has 0 bridgehead atoms. The number of nitrogens with one attached hydrogen (secondary N) is 3. The minimum absolute atomic E-state index is 0.0350. The van der Waals surface area contributed by atoms with Crippen LogP contribution < -0.4 is 15.4 Å². The quantitative estimate of drug-likeness (QED) is 0.464. The van der Waals surface area contributed by atoms with E-state index >= 15 is 0 Å². The van der Waals surface area contributed by atoms with Crippen LogP contribution in [0, 0.1) is 0 Å². The van der Waals surface area contributed by atoms with E-state index in [1.54, 1.807) is 26.1 Å². The van der Waals surface area contributed by atoms with Crippen LogP contribution in [0.5, 0.6) is 5.88 Å². The first-order chi connectivity index (χ1) is 15.8. The third-order valence-electron chi connectivity index (χ3n) is 5.13. The summed E-state index contributed by atoms with van der Waals surface area (Å²) in [7, 11) is 0. The van der Waals surface area contributed by atoms with E-state index in [-0.39, 0.29) is 11.9 Å². The lowest BCUT2D eigenvalue weighted by atomic mass is 10.0.